The molecular formula is C8H12O3. The van der Waals surface area contributed by atoms with Crippen LogP contribution in [0.25, 0.3) is 0 Å². The fourth-order valence-corrected chi connectivity index (χ4v) is 0.959. The lowest BCUT2D eigenvalue weighted by atomic mass is 10.2. The molecule has 0 aromatic rings. The number of carbonyl (C=O) groups is 1. The summed E-state index contributed by atoms with van der Waals surface area (Å²) in [6.45, 7) is 7.26. The third kappa shape index (κ3) is 1.88. The van der Waals surface area contributed by atoms with Gasteiger partial charge in [-0.05, 0) is 19.9 Å². The van der Waals surface area contributed by atoms with Crippen molar-refractivity contribution in [2.24, 2.45) is 0 Å². The summed E-state index contributed by atoms with van der Waals surface area (Å²) in [6.07, 6.45) is 0.803. The van der Waals surface area contributed by atoms with E-state index in [-0.39, 0.29) is 5.78 Å². The van der Waals surface area contributed by atoms with Crippen LogP contribution >= 0.6 is 0 Å². The van der Waals surface area contributed by atoms with Crippen molar-refractivity contribution in [3.63, 3.8) is 0 Å². The van der Waals surface area contributed by atoms with Crippen molar-refractivity contribution < 1.29 is 14.3 Å². The summed E-state index contributed by atoms with van der Waals surface area (Å²) in [7, 11) is 0. The molecule has 0 bridgehead atoms. The highest BCUT2D eigenvalue weighted by Crippen LogP contribution is 2.22. The normalized spacial score (nSPS) is 28.4. The highest BCUT2D eigenvalue weighted by molar-refractivity contribution is 5.93. The van der Waals surface area contributed by atoms with Crippen molar-refractivity contribution in [2.45, 2.75) is 25.7 Å². The first kappa shape index (κ1) is 8.43. The standard InChI is InChI=1S/C8H12O3/c1-4-6(9)7-5-10-8(2,3)11-7/h4,7H,1,5H2,2-3H3/t7-/m1/s1. The summed E-state index contributed by atoms with van der Waals surface area (Å²) in [6, 6.07) is 0. The van der Waals surface area contributed by atoms with Gasteiger partial charge in [0, 0.05) is 0 Å². The third-order valence-electron chi connectivity index (χ3n) is 1.53. The van der Waals surface area contributed by atoms with Gasteiger partial charge >= 0.3 is 0 Å². The number of ether oxygens (including phenoxy) is 2. The smallest absolute Gasteiger partial charge is 0.186 e. The zero-order valence-electron chi connectivity index (χ0n) is 6.79. The number of hydrogen-bond acceptors (Lipinski definition) is 3. The van der Waals surface area contributed by atoms with Crippen molar-refractivity contribution in [3.8, 4) is 0 Å². The molecule has 0 aromatic carbocycles. The van der Waals surface area contributed by atoms with Gasteiger partial charge in [0.15, 0.2) is 11.6 Å². The van der Waals surface area contributed by atoms with Crippen LogP contribution in [0.5, 0.6) is 0 Å². The predicted molar refractivity (Wildman–Crippen MR) is 40.1 cm³/mol. The topological polar surface area (TPSA) is 35.5 Å². The Morgan fingerprint density at radius 2 is 2.36 bits per heavy atom. The Balaban J connectivity index is 2.54. The number of rotatable bonds is 2. The summed E-state index contributed by atoms with van der Waals surface area (Å²) >= 11 is 0. The molecule has 1 aliphatic rings. The van der Waals surface area contributed by atoms with Gasteiger partial charge < -0.3 is 9.47 Å². The Kier molecular flexibility index (Phi) is 2.11. The number of carbonyl (C=O) groups excluding carboxylic acids is 1. The second-order valence-electron chi connectivity index (χ2n) is 2.92. The molecule has 0 unspecified atom stereocenters. The van der Waals surface area contributed by atoms with Crippen LogP contribution in [0, 0.1) is 0 Å². The highest BCUT2D eigenvalue weighted by atomic mass is 16.7. The Morgan fingerprint density at radius 3 is 2.73 bits per heavy atom. The van der Waals surface area contributed by atoms with Crippen molar-refractivity contribution >= 4 is 5.78 Å². The van der Waals surface area contributed by atoms with Crippen LogP contribution in [0.2, 0.25) is 0 Å². The number of hydrogen-bond donors (Lipinski definition) is 0. The molecule has 3 nitrogen and oxygen atoms in total. The van der Waals surface area contributed by atoms with Crippen LogP contribution in [-0.4, -0.2) is 24.3 Å². The van der Waals surface area contributed by atoms with Crippen molar-refractivity contribution in [2.75, 3.05) is 6.61 Å². The van der Waals surface area contributed by atoms with E-state index in [1.807, 2.05) is 0 Å². The molecule has 0 amide bonds. The zero-order valence-corrected chi connectivity index (χ0v) is 6.79. The summed E-state index contributed by atoms with van der Waals surface area (Å²) in [4.78, 5) is 11.0. The largest absolute Gasteiger partial charge is 0.347 e. The van der Waals surface area contributed by atoms with Gasteiger partial charge in [-0.2, -0.15) is 0 Å². The first-order valence-corrected chi connectivity index (χ1v) is 3.53. The van der Waals surface area contributed by atoms with Crippen LogP contribution in [0.3, 0.4) is 0 Å². The second-order valence-corrected chi connectivity index (χ2v) is 2.92. The molecule has 0 saturated carbocycles. The first-order chi connectivity index (χ1) is 5.05. The van der Waals surface area contributed by atoms with Gasteiger partial charge in [0.05, 0.1) is 6.61 Å². The molecule has 0 aliphatic carbocycles. The Bertz CT molecular complexity index is 184. The van der Waals surface area contributed by atoms with Crippen molar-refractivity contribution in [3.05, 3.63) is 12.7 Å². The molecule has 1 aliphatic heterocycles. The Labute approximate surface area is 66.0 Å². The molecule has 62 valence electrons. The lowest BCUT2D eigenvalue weighted by molar-refractivity contribution is -0.149. The first-order valence-electron chi connectivity index (χ1n) is 3.53. The summed E-state index contributed by atoms with van der Waals surface area (Å²) in [5, 5.41) is 0. The molecule has 1 heterocycles. The van der Waals surface area contributed by atoms with Gasteiger partial charge in [0.25, 0.3) is 0 Å². The third-order valence-corrected chi connectivity index (χ3v) is 1.53. The summed E-state index contributed by atoms with van der Waals surface area (Å²) in [5.74, 6) is -0.737. The fraction of sp³-hybridized carbons (Fsp3) is 0.625. The lowest BCUT2D eigenvalue weighted by Gasteiger charge is -2.15. The van der Waals surface area contributed by atoms with Crippen molar-refractivity contribution in [1.82, 2.24) is 0 Å². The van der Waals surface area contributed by atoms with E-state index in [4.69, 9.17) is 9.47 Å². The maximum atomic E-state index is 11.0. The molecular weight excluding hydrogens is 144 g/mol. The monoisotopic (exact) mass is 156 g/mol. The van der Waals surface area contributed by atoms with Gasteiger partial charge in [0.2, 0.25) is 0 Å². The maximum Gasteiger partial charge on any atom is 0.186 e. The molecule has 1 saturated heterocycles. The van der Waals surface area contributed by atoms with E-state index < -0.39 is 11.9 Å². The van der Waals surface area contributed by atoms with Gasteiger partial charge in [-0.3, -0.25) is 4.79 Å². The van der Waals surface area contributed by atoms with E-state index in [0.717, 1.165) is 0 Å². The molecule has 11 heavy (non-hydrogen) atoms. The van der Waals surface area contributed by atoms with E-state index in [2.05, 4.69) is 6.58 Å². The lowest BCUT2D eigenvalue weighted by Crippen LogP contribution is -2.25. The minimum atomic E-state index is -0.622. The molecule has 0 radical (unpaired) electrons. The molecule has 0 aromatic heterocycles. The van der Waals surface area contributed by atoms with Crippen molar-refractivity contribution in [1.29, 1.82) is 0 Å². The number of ketones is 1. The second kappa shape index (κ2) is 2.75. The predicted octanol–water partition coefficient (Wildman–Crippen LogP) is 0.893. The summed E-state index contributed by atoms with van der Waals surface area (Å²) in [5.41, 5.74) is 0. The molecule has 3 heteroatoms. The van der Waals surface area contributed by atoms with Crippen LogP contribution in [0.1, 0.15) is 13.8 Å². The average molecular weight is 156 g/mol. The van der Waals surface area contributed by atoms with Gasteiger partial charge in [0.1, 0.15) is 6.10 Å². The minimum absolute atomic E-state index is 0.115. The Hall–Kier alpha value is -0.670. The molecule has 1 fully saturated rings. The van der Waals surface area contributed by atoms with E-state index in [1.165, 1.54) is 6.08 Å². The van der Waals surface area contributed by atoms with Gasteiger partial charge in [-0.1, -0.05) is 6.58 Å². The molecule has 1 atom stereocenters. The minimum Gasteiger partial charge on any atom is -0.347 e. The van der Waals surface area contributed by atoms with Gasteiger partial charge in [-0.25, -0.2) is 0 Å². The SMILES string of the molecule is C=CC(=O)[C@H]1COC(C)(C)O1. The van der Waals surface area contributed by atoms with Crippen LogP contribution in [0.4, 0.5) is 0 Å². The van der Waals surface area contributed by atoms with E-state index in [0.29, 0.717) is 6.61 Å². The van der Waals surface area contributed by atoms with Crippen LogP contribution in [-0.2, 0) is 14.3 Å². The molecule has 0 N–H and O–H groups in total. The zero-order chi connectivity index (χ0) is 8.48. The highest BCUT2D eigenvalue weighted by Gasteiger charge is 2.35. The maximum absolute atomic E-state index is 11.0. The quantitative estimate of drug-likeness (QED) is 0.557. The van der Waals surface area contributed by atoms with Crippen LogP contribution in [0.15, 0.2) is 12.7 Å². The van der Waals surface area contributed by atoms with E-state index >= 15 is 0 Å². The van der Waals surface area contributed by atoms with E-state index in [1.54, 1.807) is 13.8 Å². The average Bonchev–Trinajstić information content (AvgIpc) is 2.29. The summed E-state index contributed by atoms with van der Waals surface area (Å²) < 4.78 is 10.4. The van der Waals surface area contributed by atoms with Gasteiger partial charge in [-0.15, -0.1) is 0 Å². The van der Waals surface area contributed by atoms with Crippen LogP contribution < -0.4 is 0 Å². The Morgan fingerprint density at radius 1 is 1.73 bits per heavy atom. The fourth-order valence-electron chi connectivity index (χ4n) is 0.959. The van der Waals surface area contributed by atoms with E-state index in [9.17, 15) is 4.79 Å². The molecule has 0 spiro atoms. The molecule has 1 rings (SSSR count).